The minimum atomic E-state index is 0.445. The van der Waals surface area contributed by atoms with Crippen molar-refractivity contribution < 1.29 is 9.26 Å². The van der Waals surface area contributed by atoms with Crippen molar-refractivity contribution in [2.24, 2.45) is 0 Å². The maximum absolute atomic E-state index is 5.59. The first-order chi connectivity index (χ1) is 16.1. The van der Waals surface area contributed by atoms with Gasteiger partial charge >= 0.3 is 0 Å². The summed E-state index contributed by atoms with van der Waals surface area (Å²) in [5, 5.41) is 9.00. The van der Waals surface area contributed by atoms with Crippen molar-refractivity contribution in [1.29, 1.82) is 0 Å². The van der Waals surface area contributed by atoms with E-state index in [1.54, 1.807) is 0 Å². The second-order valence-electron chi connectivity index (χ2n) is 8.83. The van der Waals surface area contributed by atoms with Gasteiger partial charge in [0.1, 0.15) is 0 Å². The molecule has 0 spiro atoms. The molecule has 1 saturated heterocycles. The van der Waals surface area contributed by atoms with Crippen molar-refractivity contribution in [3.63, 3.8) is 0 Å². The Kier molecular flexibility index (Phi) is 6.09. The molecule has 1 aliphatic heterocycles. The molecule has 33 heavy (non-hydrogen) atoms. The summed E-state index contributed by atoms with van der Waals surface area (Å²) in [4.78, 5) is 4.63. The van der Waals surface area contributed by atoms with Crippen molar-refractivity contribution in [2.45, 2.75) is 52.5 Å². The molecule has 5 rings (SSSR count). The number of rotatable bonds is 6. The fourth-order valence-electron chi connectivity index (χ4n) is 4.63. The van der Waals surface area contributed by atoms with E-state index in [9.17, 15) is 0 Å². The highest BCUT2D eigenvalue weighted by Gasteiger charge is 2.18. The lowest BCUT2D eigenvalue weighted by Crippen LogP contribution is -2.13. The van der Waals surface area contributed by atoms with Gasteiger partial charge in [0.2, 0.25) is 5.82 Å². The van der Waals surface area contributed by atoms with E-state index < -0.39 is 0 Å². The smallest absolute Gasteiger partial charge is 0.278 e. The van der Waals surface area contributed by atoms with Crippen LogP contribution in [0.1, 0.15) is 53.6 Å². The van der Waals surface area contributed by atoms with Gasteiger partial charge in [-0.25, -0.2) is 0 Å². The molecule has 170 valence electrons. The monoisotopic (exact) mass is 442 g/mol. The van der Waals surface area contributed by atoms with Crippen molar-refractivity contribution in [1.82, 2.24) is 19.9 Å². The summed E-state index contributed by atoms with van der Waals surface area (Å²) >= 11 is 0. The van der Waals surface area contributed by atoms with Gasteiger partial charge in [-0.2, -0.15) is 10.1 Å². The summed E-state index contributed by atoms with van der Waals surface area (Å²) in [5.74, 6) is 1.60. The molecule has 1 fully saturated rings. The molecular formula is C27H30N4O2. The standard InChI is InChI=1S/C27H30N4O2/c1-4-20-7-5-6-18(2)24(20)17-31-19(3)16-25(29-31)27-28-26(30-33-27)23-10-8-21(9-11-23)22-12-14-32-15-13-22/h5-11,16,22H,4,12-15,17H2,1-3H3. The van der Waals surface area contributed by atoms with Crippen molar-refractivity contribution in [3.8, 4) is 23.0 Å². The van der Waals surface area contributed by atoms with Crippen LogP contribution in [0.15, 0.2) is 53.1 Å². The van der Waals surface area contributed by atoms with Gasteiger partial charge in [-0.05, 0) is 67.3 Å². The zero-order chi connectivity index (χ0) is 22.8. The van der Waals surface area contributed by atoms with Crippen LogP contribution in [-0.4, -0.2) is 33.1 Å². The van der Waals surface area contributed by atoms with Crippen molar-refractivity contribution in [3.05, 3.63) is 76.5 Å². The van der Waals surface area contributed by atoms with Gasteiger partial charge in [0.25, 0.3) is 5.89 Å². The lowest BCUT2D eigenvalue weighted by Gasteiger charge is -2.22. The molecule has 0 aliphatic carbocycles. The molecule has 0 amide bonds. The van der Waals surface area contributed by atoms with E-state index in [1.807, 2.05) is 10.7 Å². The molecule has 0 saturated carbocycles. The minimum absolute atomic E-state index is 0.445. The van der Waals surface area contributed by atoms with Crippen LogP contribution >= 0.6 is 0 Å². The predicted octanol–water partition coefficient (Wildman–Crippen LogP) is 5.72. The van der Waals surface area contributed by atoms with Crippen LogP contribution < -0.4 is 0 Å². The Balaban J connectivity index is 1.35. The topological polar surface area (TPSA) is 66.0 Å². The van der Waals surface area contributed by atoms with Gasteiger partial charge in [0.05, 0.1) is 6.54 Å². The zero-order valence-electron chi connectivity index (χ0n) is 19.5. The average molecular weight is 443 g/mol. The normalized spacial score (nSPS) is 14.6. The number of aryl methyl sites for hydroxylation is 3. The van der Waals surface area contributed by atoms with Gasteiger partial charge in [0, 0.05) is 24.5 Å². The quantitative estimate of drug-likeness (QED) is 0.382. The summed E-state index contributed by atoms with van der Waals surface area (Å²) in [6.07, 6.45) is 3.16. The maximum Gasteiger partial charge on any atom is 0.278 e. The fraction of sp³-hybridized carbons (Fsp3) is 0.370. The Morgan fingerprint density at radius 3 is 2.58 bits per heavy atom. The third-order valence-corrected chi connectivity index (χ3v) is 6.68. The van der Waals surface area contributed by atoms with E-state index in [-0.39, 0.29) is 0 Å². The molecule has 2 aromatic heterocycles. The first-order valence-electron chi connectivity index (χ1n) is 11.8. The van der Waals surface area contributed by atoms with Gasteiger partial charge in [-0.15, -0.1) is 0 Å². The van der Waals surface area contributed by atoms with Crippen molar-refractivity contribution in [2.75, 3.05) is 13.2 Å². The van der Waals surface area contributed by atoms with E-state index in [0.29, 0.717) is 23.3 Å². The summed E-state index contributed by atoms with van der Waals surface area (Å²) in [5.41, 5.74) is 8.04. The first kappa shape index (κ1) is 21.6. The van der Waals surface area contributed by atoms with Crippen LogP contribution in [0.25, 0.3) is 23.0 Å². The van der Waals surface area contributed by atoms with Crippen LogP contribution in [-0.2, 0) is 17.7 Å². The van der Waals surface area contributed by atoms with Gasteiger partial charge in [-0.3, -0.25) is 4.68 Å². The Bertz CT molecular complexity index is 1230. The molecule has 1 aliphatic rings. The SMILES string of the molecule is CCc1cccc(C)c1Cn1nc(-c2nc(-c3ccc(C4CCOCC4)cc3)no2)cc1C. The van der Waals surface area contributed by atoms with Crippen LogP contribution in [0.5, 0.6) is 0 Å². The van der Waals surface area contributed by atoms with Gasteiger partial charge < -0.3 is 9.26 Å². The molecule has 0 unspecified atom stereocenters. The van der Waals surface area contributed by atoms with Crippen LogP contribution in [0, 0.1) is 13.8 Å². The number of ether oxygens (including phenoxy) is 1. The summed E-state index contributed by atoms with van der Waals surface area (Å²) in [7, 11) is 0. The molecule has 0 radical (unpaired) electrons. The Labute approximate surface area is 194 Å². The van der Waals surface area contributed by atoms with Crippen molar-refractivity contribution >= 4 is 0 Å². The largest absolute Gasteiger partial charge is 0.381 e. The average Bonchev–Trinajstić information content (AvgIpc) is 3.48. The lowest BCUT2D eigenvalue weighted by atomic mass is 9.91. The molecule has 2 aromatic carbocycles. The molecular weight excluding hydrogens is 412 g/mol. The second kappa shape index (κ2) is 9.32. The van der Waals surface area contributed by atoms with Crippen LogP contribution in [0.3, 0.4) is 0 Å². The number of aromatic nitrogens is 4. The fourth-order valence-corrected chi connectivity index (χ4v) is 4.63. The molecule has 0 bridgehead atoms. The second-order valence-corrected chi connectivity index (χ2v) is 8.83. The molecule has 6 heteroatoms. The highest BCUT2D eigenvalue weighted by Crippen LogP contribution is 2.29. The molecule has 4 aromatic rings. The zero-order valence-corrected chi connectivity index (χ0v) is 19.5. The highest BCUT2D eigenvalue weighted by molar-refractivity contribution is 5.58. The molecule has 0 N–H and O–H groups in total. The first-order valence-corrected chi connectivity index (χ1v) is 11.8. The summed E-state index contributed by atoms with van der Waals surface area (Å²) in [6, 6.07) is 17.0. The van der Waals surface area contributed by atoms with E-state index >= 15 is 0 Å². The minimum Gasteiger partial charge on any atom is -0.381 e. The Morgan fingerprint density at radius 1 is 1.03 bits per heavy atom. The number of hydrogen-bond acceptors (Lipinski definition) is 5. The van der Waals surface area contributed by atoms with E-state index in [0.717, 1.165) is 50.3 Å². The van der Waals surface area contributed by atoms with Crippen LogP contribution in [0.4, 0.5) is 0 Å². The maximum atomic E-state index is 5.59. The summed E-state index contributed by atoms with van der Waals surface area (Å²) < 4.78 is 13.1. The molecule has 6 nitrogen and oxygen atoms in total. The highest BCUT2D eigenvalue weighted by atomic mass is 16.5. The number of benzene rings is 2. The lowest BCUT2D eigenvalue weighted by molar-refractivity contribution is 0.0853. The Hall–Kier alpha value is -3.25. The van der Waals surface area contributed by atoms with Gasteiger partial charge in [0.15, 0.2) is 5.69 Å². The Morgan fingerprint density at radius 2 is 1.82 bits per heavy atom. The number of nitrogens with zero attached hydrogens (tertiary/aromatic N) is 4. The molecule has 0 atom stereocenters. The van der Waals surface area contributed by atoms with E-state index in [1.165, 1.54) is 22.3 Å². The van der Waals surface area contributed by atoms with E-state index in [2.05, 4.69) is 73.4 Å². The predicted molar refractivity (Wildman–Crippen MR) is 128 cm³/mol. The van der Waals surface area contributed by atoms with E-state index in [4.69, 9.17) is 14.4 Å². The van der Waals surface area contributed by atoms with Crippen LogP contribution in [0.2, 0.25) is 0 Å². The third-order valence-electron chi connectivity index (χ3n) is 6.68. The number of hydrogen-bond donors (Lipinski definition) is 0. The summed E-state index contributed by atoms with van der Waals surface area (Å²) in [6.45, 7) is 8.83. The van der Waals surface area contributed by atoms with Gasteiger partial charge in [-0.1, -0.05) is 54.5 Å². The molecule has 3 heterocycles. The third kappa shape index (κ3) is 4.48.